The van der Waals surface area contributed by atoms with E-state index in [1.165, 1.54) is 0 Å². The first-order valence-electron chi connectivity index (χ1n) is 9.95. The molecule has 2 amide bonds. The molecule has 0 unspecified atom stereocenters. The van der Waals surface area contributed by atoms with Gasteiger partial charge in [0.15, 0.2) is 5.69 Å². The second kappa shape index (κ2) is 7.99. The molecule has 0 saturated carbocycles. The molecule has 2 aromatic rings. The number of hydrogen-bond acceptors (Lipinski definition) is 4. The van der Waals surface area contributed by atoms with E-state index in [4.69, 9.17) is 5.10 Å². The molecule has 0 radical (unpaired) electrons. The Labute approximate surface area is 169 Å². The number of aromatic nitrogens is 2. The molecule has 7 heteroatoms. The van der Waals surface area contributed by atoms with Crippen molar-refractivity contribution in [3.8, 4) is 5.69 Å². The van der Waals surface area contributed by atoms with Gasteiger partial charge in [0.05, 0.1) is 11.6 Å². The van der Waals surface area contributed by atoms with Crippen LogP contribution in [0.15, 0.2) is 30.3 Å². The lowest BCUT2D eigenvalue weighted by Crippen LogP contribution is -2.49. The number of fused-ring (bicyclic) bond motifs is 1. The van der Waals surface area contributed by atoms with Crippen molar-refractivity contribution in [1.82, 2.24) is 20.0 Å². The van der Waals surface area contributed by atoms with Gasteiger partial charge in [-0.1, -0.05) is 25.1 Å². The van der Waals surface area contributed by atoms with Crippen LogP contribution in [0.1, 0.15) is 48.4 Å². The van der Waals surface area contributed by atoms with Crippen molar-refractivity contribution in [2.45, 2.75) is 51.6 Å². The van der Waals surface area contributed by atoms with Gasteiger partial charge in [-0.2, -0.15) is 5.10 Å². The Morgan fingerprint density at radius 2 is 2.07 bits per heavy atom. The van der Waals surface area contributed by atoms with Crippen molar-refractivity contribution < 1.29 is 9.59 Å². The first-order valence-corrected chi connectivity index (χ1v) is 11.1. The molecule has 2 atom stereocenters. The van der Waals surface area contributed by atoms with E-state index in [9.17, 15) is 9.59 Å². The Balaban J connectivity index is 1.62. The average molecular weight is 399 g/mol. The monoisotopic (exact) mass is 398 g/mol. The number of thioether (sulfide) groups is 1. The first kappa shape index (κ1) is 19.1. The van der Waals surface area contributed by atoms with Crippen LogP contribution in [0, 0.1) is 0 Å². The summed E-state index contributed by atoms with van der Waals surface area (Å²) in [6.07, 6.45) is 3.70. The molecular weight excluding hydrogens is 372 g/mol. The maximum atomic E-state index is 13.4. The fraction of sp³-hybridized carbons (Fsp3) is 0.476. The third-order valence-electron chi connectivity index (χ3n) is 5.58. The van der Waals surface area contributed by atoms with E-state index in [0.29, 0.717) is 17.3 Å². The SMILES string of the molecule is CC[C@H](C)NC(=O)[C@@H]1CSCN1C(=O)c1nn(-c2ccccc2)c2c1CCC2. The zero-order chi connectivity index (χ0) is 19.7. The first-order chi connectivity index (χ1) is 13.6. The van der Waals surface area contributed by atoms with Gasteiger partial charge in [0, 0.05) is 23.1 Å². The minimum atomic E-state index is -0.426. The minimum Gasteiger partial charge on any atom is -0.352 e. The number of rotatable bonds is 5. The number of nitrogens with zero attached hydrogens (tertiary/aromatic N) is 3. The highest BCUT2D eigenvalue weighted by Crippen LogP contribution is 2.31. The van der Waals surface area contributed by atoms with Gasteiger partial charge in [0.25, 0.3) is 5.91 Å². The normalized spacial score (nSPS) is 19.5. The molecule has 2 heterocycles. The summed E-state index contributed by atoms with van der Waals surface area (Å²) in [5.41, 5.74) is 3.66. The Morgan fingerprint density at radius 3 is 2.82 bits per heavy atom. The smallest absolute Gasteiger partial charge is 0.276 e. The highest BCUT2D eigenvalue weighted by atomic mass is 32.2. The van der Waals surface area contributed by atoms with Crippen molar-refractivity contribution in [2.24, 2.45) is 0 Å². The Morgan fingerprint density at radius 1 is 1.29 bits per heavy atom. The van der Waals surface area contributed by atoms with Crippen LogP contribution in [0.5, 0.6) is 0 Å². The molecular formula is C21H26N4O2S. The standard InChI is InChI=1S/C21H26N4O2S/c1-3-14(2)22-20(26)18-12-28-13-24(18)21(27)19-16-10-7-11-17(16)25(23-19)15-8-5-4-6-9-15/h4-6,8-9,14,18H,3,7,10-13H2,1-2H3,(H,22,26)/t14-,18-/m0/s1. The predicted molar refractivity (Wildman–Crippen MR) is 111 cm³/mol. The highest BCUT2D eigenvalue weighted by Gasteiger charge is 2.38. The number of carbonyl (C=O) groups is 2. The third kappa shape index (κ3) is 3.43. The lowest BCUT2D eigenvalue weighted by molar-refractivity contribution is -0.125. The number of nitrogens with one attached hydrogen (secondary N) is 1. The Kier molecular flexibility index (Phi) is 5.44. The molecule has 2 aliphatic rings. The summed E-state index contributed by atoms with van der Waals surface area (Å²) < 4.78 is 1.91. The maximum absolute atomic E-state index is 13.4. The third-order valence-corrected chi connectivity index (χ3v) is 6.59. The lowest BCUT2D eigenvalue weighted by Gasteiger charge is -2.24. The van der Waals surface area contributed by atoms with Crippen LogP contribution in [-0.4, -0.2) is 50.2 Å². The number of hydrogen-bond donors (Lipinski definition) is 1. The molecule has 1 aliphatic carbocycles. The largest absolute Gasteiger partial charge is 0.352 e. The summed E-state index contributed by atoms with van der Waals surface area (Å²) in [7, 11) is 0. The van der Waals surface area contributed by atoms with Gasteiger partial charge in [-0.3, -0.25) is 9.59 Å². The van der Waals surface area contributed by atoms with Crippen LogP contribution in [0.2, 0.25) is 0 Å². The van der Waals surface area contributed by atoms with Crippen LogP contribution in [0.25, 0.3) is 5.69 Å². The van der Waals surface area contributed by atoms with Gasteiger partial charge < -0.3 is 10.2 Å². The second-order valence-electron chi connectivity index (χ2n) is 7.48. The minimum absolute atomic E-state index is 0.0631. The van der Waals surface area contributed by atoms with Gasteiger partial charge in [0.2, 0.25) is 5.91 Å². The van der Waals surface area contributed by atoms with E-state index in [1.54, 1.807) is 16.7 Å². The van der Waals surface area contributed by atoms with Crippen LogP contribution in [-0.2, 0) is 17.6 Å². The number of carbonyl (C=O) groups excluding carboxylic acids is 2. The average Bonchev–Trinajstić information content (AvgIpc) is 3.44. The van der Waals surface area contributed by atoms with Gasteiger partial charge in [-0.25, -0.2) is 4.68 Å². The second-order valence-corrected chi connectivity index (χ2v) is 8.48. The van der Waals surface area contributed by atoms with Gasteiger partial charge in [-0.15, -0.1) is 11.8 Å². The predicted octanol–water partition coefficient (Wildman–Crippen LogP) is 2.79. The number of para-hydroxylation sites is 1. The van der Waals surface area contributed by atoms with Crippen LogP contribution >= 0.6 is 11.8 Å². The highest BCUT2D eigenvalue weighted by molar-refractivity contribution is 7.99. The summed E-state index contributed by atoms with van der Waals surface area (Å²) in [5, 5.41) is 7.72. The van der Waals surface area contributed by atoms with Gasteiger partial charge >= 0.3 is 0 Å². The zero-order valence-corrected chi connectivity index (χ0v) is 17.2. The molecule has 0 spiro atoms. The summed E-state index contributed by atoms with van der Waals surface area (Å²) >= 11 is 1.62. The molecule has 1 saturated heterocycles. The van der Waals surface area contributed by atoms with Crippen molar-refractivity contribution in [1.29, 1.82) is 0 Å². The van der Waals surface area contributed by atoms with Crippen molar-refractivity contribution >= 4 is 23.6 Å². The molecule has 1 N–H and O–H groups in total. The molecule has 28 heavy (non-hydrogen) atoms. The summed E-state index contributed by atoms with van der Waals surface area (Å²) in [6, 6.07) is 9.63. The fourth-order valence-corrected chi connectivity index (χ4v) is 4.98. The molecule has 4 rings (SSSR count). The van der Waals surface area contributed by atoms with E-state index in [2.05, 4.69) is 5.32 Å². The van der Waals surface area contributed by atoms with E-state index in [1.807, 2.05) is 48.9 Å². The van der Waals surface area contributed by atoms with Crippen LogP contribution < -0.4 is 5.32 Å². The van der Waals surface area contributed by atoms with Crippen molar-refractivity contribution in [3.63, 3.8) is 0 Å². The molecule has 1 aliphatic heterocycles. The molecule has 148 valence electrons. The van der Waals surface area contributed by atoms with Crippen LogP contribution in [0.4, 0.5) is 0 Å². The Bertz CT molecular complexity index is 880. The van der Waals surface area contributed by atoms with Gasteiger partial charge in [0.1, 0.15) is 6.04 Å². The molecule has 1 aromatic heterocycles. The Hall–Kier alpha value is -2.28. The van der Waals surface area contributed by atoms with Crippen LogP contribution in [0.3, 0.4) is 0 Å². The van der Waals surface area contributed by atoms with E-state index >= 15 is 0 Å². The summed E-state index contributed by atoms with van der Waals surface area (Å²) in [6.45, 7) is 4.03. The van der Waals surface area contributed by atoms with E-state index < -0.39 is 6.04 Å². The fourth-order valence-electron chi connectivity index (χ4n) is 3.83. The topological polar surface area (TPSA) is 67.2 Å². The lowest BCUT2D eigenvalue weighted by atomic mass is 10.1. The summed E-state index contributed by atoms with van der Waals surface area (Å²) in [5.74, 6) is 0.981. The molecule has 1 fully saturated rings. The maximum Gasteiger partial charge on any atom is 0.276 e. The number of benzene rings is 1. The van der Waals surface area contributed by atoms with E-state index in [-0.39, 0.29) is 17.9 Å². The molecule has 6 nitrogen and oxygen atoms in total. The zero-order valence-electron chi connectivity index (χ0n) is 16.4. The molecule has 0 bridgehead atoms. The summed E-state index contributed by atoms with van der Waals surface area (Å²) in [4.78, 5) is 27.7. The molecule has 1 aromatic carbocycles. The van der Waals surface area contributed by atoms with Crippen molar-refractivity contribution in [2.75, 3.05) is 11.6 Å². The quantitative estimate of drug-likeness (QED) is 0.841. The van der Waals surface area contributed by atoms with E-state index in [0.717, 1.165) is 42.6 Å². The van der Waals surface area contributed by atoms with Gasteiger partial charge in [-0.05, 0) is 44.7 Å². The number of amides is 2. The van der Waals surface area contributed by atoms with Crippen molar-refractivity contribution in [3.05, 3.63) is 47.3 Å².